The number of sulfone groups is 1. The Balaban J connectivity index is 1.38. The maximum atomic E-state index is 12.9. The fourth-order valence-corrected chi connectivity index (χ4v) is 5.86. The van der Waals surface area contributed by atoms with Crippen LogP contribution in [0.2, 0.25) is 5.02 Å². The third kappa shape index (κ3) is 4.72. The van der Waals surface area contributed by atoms with Crippen molar-refractivity contribution in [1.82, 2.24) is 16.0 Å². The highest BCUT2D eigenvalue weighted by Gasteiger charge is 2.38. The number of ether oxygens (including phenoxy) is 1. The van der Waals surface area contributed by atoms with Gasteiger partial charge in [0.1, 0.15) is 5.75 Å². The zero-order chi connectivity index (χ0) is 22.0. The van der Waals surface area contributed by atoms with E-state index in [-0.39, 0.29) is 26.8 Å². The van der Waals surface area contributed by atoms with Crippen molar-refractivity contribution in [2.24, 2.45) is 5.92 Å². The number of piperidine rings is 1. The number of fused-ring (bicyclic) bond motifs is 1. The van der Waals surface area contributed by atoms with Crippen LogP contribution in [-0.4, -0.2) is 46.6 Å². The minimum Gasteiger partial charge on any atom is -0.495 e. The average molecular weight is 464 g/mol. The first kappa shape index (κ1) is 22.1. The summed E-state index contributed by atoms with van der Waals surface area (Å²) in [6.45, 7) is 2.29. The third-order valence-electron chi connectivity index (χ3n) is 6.01. The summed E-state index contributed by atoms with van der Waals surface area (Å²) in [7, 11) is -2.23. The zero-order valence-electron chi connectivity index (χ0n) is 17.2. The van der Waals surface area contributed by atoms with Gasteiger partial charge in [-0.05, 0) is 67.7 Å². The Morgan fingerprint density at radius 1 is 1.19 bits per heavy atom. The largest absolute Gasteiger partial charge is 0.495 e. The van der Waals surface area contributed by atoms with Crippen molar-refractivity contribution < 1.29 is 17.9 Å². The van der Waals surface area contributed by atoms with E-state index in [0.29, 0.717) is 24.3 Å². The lowest BCUT2D eigenvalue weighted by Crippen LogP contribution is -2.45. The summed E-state index contributed by atoms with van der Waals surface area (Å²) in [5.74, 6) is 0.901. The van der Waals surface area contributed by atoms with Crippen molar-refractivity contribution in [1.29, 1.82) is 0 Å². The molecule has 0 saturated carbocycles. The topological polar surface area (TPSA) is 96.5 Å². The molecule has 9 heteroatoms. The Morgan fingerprint density at radius 3 is 2.61 bits per heavy atom. The molecule has 3 N–H and O–H groups in total. The van der Waals surface area contributed by atoms with E-state index in [0.717, 1.165) is 31.5 Å². The Hall–Kier alpha value is -2.13. The normalized spacial score (nSPS) is 23.2. The number of hydrogen-bond donors (Lipinski definition) is 3. The standard InChI is InChI=1S/C22H26ClN3O4S/c1-30-21-7-6-17(11-18(21)23)31(28,29)16-4-2-14(3-5-16)12-25-22(27)20-10-15-13-24-9-8-19(15)26-20/h2-7,11,15,19-20,24,26H,8-10,12-13H2,1H3,(H,25,27). The van der Waals surface area contributed by atoms with E-state index in [1.54, 1.807) is 24.3 Å². The van der Waals surface area contributed by atoms with Crippen molar-refractivity contribution in [2.75, 3.05) is 20.2 Å². The molecule has 0 aliphatic carbocycles. The molecule has 2 heterocycles. The van der Waals surface area contributed by atoms with E-state index in [1.165, 1.54) is 25.3 Å². The van der Waals surface area contributed by atoms with Crippen molar-refractivity contribution >= 4 is 27.3 Å². The number of benzene rings is 2. The summed E-state index contributed by atoms with van der Waals surface area (Å²) in [4.78, 5) is 12.8. The molecule has 166 valence electrons. The minimum atomic E-state index is -3.70. The van der Waals surface area contributed by atoms with Gasteiger partial charge in [0.15, 0.2) is 0 Å². The van der Waals surface area contributed by atoms with Crippen LogP contribution in [0.25, 0.3) is 0 Å². The van der Waals surface area contributed by atoms with Gasteiger partial charge >= 0.3 is 0 Å². The summed E-state index contributed by atoms with van der Waals surface area (Å²) in [6.07, 6.45) is 1.88. The summed E-state index contributed by atoms with van der Waals surface area (Å²) in [6, 6.07) is 11.1. The van der Waals surface area contributed by atoms with Gasteiger partial charge in [-0.2, -0.15) is 0 Å². The molecule has 4 rings (SSSR count). The molecule has 0 spiro atoms. The molecule has 2 fully saturated rings. The lowest BCUT2D eigenvalue weighted by molar-refractivity contribution is -0.123. The number of methoxy groups -OCH3 is 1. The van der Waals surface area contributed by atoms with E-state index in [4.69, 9.17) is 16.3 Å². The zero-order valence-corrected chi connectivity index (χ0v) is 18.8. The number of halogens is 1. The monoisotopic (exact) mass is 463 g/mol. The molecule has 3 atom stereocenters. The van der Waals surface area contributed by atoms with Crippen LogP contribution in [0, 0.1) is 5.92 Å². The van der Waals surface area contributed by atoms with E-state index < -0.39 is 9.84 Å². The first-order valence-electron chi connectivity index (χ1n) is 10.3. The van der Waals surface area contributed by atoms with Crippen molar-refractivity contribution in [3.05, 3.63) is 53.1 Å². The van der Waals surface area contributed by atoms with Crippen LogP contribution in [-0.2, 0) is 21.2 Å². The van der Waals surface area contributed by atoms with Crippen molar-refractivity contribution in [3.8, 4) is 5.75 Å². The highest BCUT2D eigenvalue weighted by Crippen LogP contribution is 2.30. The molecule has 2 aromatic rings. The molecule has 2 aliphatic heterocycles. The molecular formula is C22H26ClN3O4S. The van der Waals surface area contributed by atoms with Gasteiger partial charge in [-0.25, -0.2) is 8.42 Å². The van der Waals surface area contributed by atoms with Crippen LogP contribution in [0.5, 0.6) is 5.75 Å². The Labute approximate surface area is 187 Å². The lowest BCUT2D eigenvalue weighted by Gasteiger charge is -2.25. The van der Waals surface area contributed by atoms with Crippen molar-refractivity contribution in [2.45, 2.75) is 41.3 Å². The Bertz CT molecular complexity index is 1040. The van der Waals surface area contributed by atoms with Crippen molar-refractivity contribution in [3.63, 3.8) is 0 Å². The van der Waals surface area contributed by atoms with Crippen LogP contribution < -0.4 is 20.7 Å². The second-order valence-corrected chi connectivity index (χ2v) is 10.3. The lowest BCUT2D eigenvalue weighted by atomic mass is 9.94. The summed E-state index contributed by atoms with van der Waals surface area (Å²) >= 11 is 6.07. The van der Waals surface area contributed by atoms with Crippen LogP contribution in [0.15, 0.2) is 52.3 Å². The molecule has 2 aliphatic rings. The second-order valence-electron chi connectivity index (χ2n) is 7.98. The first-order valence-corrected chi connectivity index (χ1v) is 12.2. The number of hydrogen-bond acceptors (Lipinski definition) is 6. The van der Waals surface area contributed by atoms with E-state index in [2.05, 4.69) is 16.0 Å². The molecule has 2 saturated heterocycles. The van der Waals surface area contributed by atoms with E-state index in [9.17, 15) is 13.2 Å². The maximum absolute atomic E-state index is 12.9. The van der Waals surface area contributed by atoms with E-state index in [1.807, 2.05) is 0 Å². The van der Waals surface area contributed by atoms with Gasteiger partial charge in [-0.15, -0.1) is 0 Å². The predicted octanol–water partition coefficient (Wildman–Crippen LogP) is 2.14. The summed E-state index contributed by atoms with van der Waals surface area (Å²) in [5.41, 5.74) is 0.831. The molecule has 0 aromatic heterocycles. The Morgan fingerprint density at radius 2 is 1.94 bits per heavy atom. The molecule has 3 unspecified atom stereocenters. The van der Waals surface area contributed by atoms with Gasteiger partial charge < -0.3 is 20.7 Å². The molecule has 0 radical (unpaired) electrons. The van der Waals surface area contributed by atoms with Crippen LogP contribution >= 0.6 is 11.6 Å². The summed E-state index contributed by atoms with van der Waals surface area (Å²) < 4.78 is 30.8. The average Bonchev–Trinajstić information content (AvgIpc) is 3.22. The minimum absolute atomic E-state index is 0.0148. The van der Waals surface area contributed by atoms with Crippen LogP contribution in [0.1, 0.15) is 18.4 Å². The SMILES string of the molecule is COc1ccc(S(=O)(=O)c2ccc(CNC(=O)C3CC4CNCCC4N3)cc2)cc1Cl. The highest BCUT2D eigenvalue weighted by molar-refractivity contribution is 7.91. The fourth-order valence-electron chi connectivity index (χ4n) is 4.25. The van der Waals surface area contributed by atoms with Gasteiger partial charge in [0.2, 0.25) is 15.7 Å². The smallest absolute Gasteiger partial charge is 0.237 e. The van der Waals surface area contributed by atoms with Gasteiger partial charge in [0, 0.05) is 12.6 Å². The second kappa shape index (κ2) is 9.16. The molecule has 31 heavy (non-hydrogen) atoms. The highest BCUT2D eigenvalue weighted by atomic mass is 35.5. The molecule has 7 nitrogen and oxygen atoms in total. The van der Waals surface area contributed by atoms with Gasteiger partial charge in [0.25, 0.3) is 0 Å². The Kier molecular flexibility index (Phi) is 6.52. The van der Waals surface area contributed by atoms with Gasteiger partial charge in [0.05, 0.1) is 28.0 Å². The molecule has 0 bridgehead atoms. The van der Waals surface area contributed by atoms with Gasteiger partial charge in [-0.1, -0.05) is 23.7 Å². The van der Waals surface area contributed by atoms with E-state index >= 15 is 0 Å². The molecule has 2 aromatic carbocycles. The molecule has 1 amide bonds. The number of amides is 1. The number of carbonyl (C=O) groups is 1. The fraction of sp³-hybridized carbons (Fsp3) is 0.409. The van der Waals surface area contributed by atoms with Crippen LogP contribution in [0.3, 0.4) is 0 Å². The molecular weight excluding hydrogens is 438 g/mol. The quantitative estimate of drug-likeness (QED) is 0.607. The third-order valence-corrected chi connectivity index (χ3v) is 8.07. The van der Waals surface area contributed by atoms with Crippen LogP contribution in [0.4, 0.5) is 0 Å². The number of carbonyl (C=O) groups excluding carboxylic acids is 1. The predicted molar refractivity (Wildman–Crippen MR) is 118 cm³/mol. The van der Waals surface area contributed by atoms with Gasteiger partial charge in [-0.3, -0.25) is 4.79 Å². The number of rotatable bonds is 6. The first-order chi connectivity index (χ1) is 14.9. The summed E-state index contributed by atoms with van der Waals surface area (Å²) in [5, 5.41) is 10.0. The number of nitrogens with one attached hydrogen (secondary N) is 3. The maximum Gasteiger partial charge on any atom is 0.237 e.